The summed E-state index contributed by atoms with van der Waals surface area (Å²) in [5.41, 5.74) is 1.12. The van der Waals surface area contributed by atoms with Gasteiger partial charge in [-0.15, -0.1) is 0 Å². The van der Waals surface area contributed by atoms with Crippen LogP contribution in [-0.2, 0) is 17.8 Å². The number of likely N-dealkylation sites (N-methyl/N-ethyl adjacent to an activating group) is 1. The van der Waals surface area contributed by atoms with E-state index in [-0.39, 0.29) is 0 Å². The second-order valence-electron chi connectivity index (χ2n) is 3.10. The number of carbonyl (C=O) groups is 1. The molecule has 0 aliphatic carbocycles. The Bertz CT molecular complexity index is 309. The van der Waals surface area contributed by atoms with Crippen LogP contribution in [0, 0.1) is 0 Å². The monoisotopic (exact) mass is 197 g/mol. The predicted molar refractivity (Wildman–Crippen MR) is 52.1 cm³/mol. The normalized spacial score (nSPS) is 12.7. The first-order chi connectivity index (χ1) is 6.67. The summed E-state index contributed by atoms with van der Waals surface area (Å²) in [5.74, 6) is -0.860. The van der Waals surface area contributed by atoms with Crippen LogP contribution in [0.5, 0.6) is 0 Å². The van der Waals surface area contributed by atoms with Gasteiger partial charge in [-0.3, -0.25) is 9.48 Å². The Labute approximate surface area is 82.7 Å². The van der Waals surface area contributed by atoms with Crippen molar-refractivity contribution in [3.63, 3.8) is 0 Å². The van der Waals surface area contributed by atoms with E-state index in [2.05, 4.69) is 10.4 Å². The van der Waals surface area contributed by atoms with Crippen LogP contribution in [0.1, 0.15) is 12.5 Å². The molecule has 0 aromatic carbocycles. The molecule has 0 bridgehead atoms. The van der Waals surface area contributed by atoms with Crippen LogP contribution in [0.15, 0.2) is 12.4 Å². The molecule has 5 heteroatoms. The summed E-state index contributed by atoms with van der Waals surface area (Å²) >= 11 is 0. The molecular formula is C9H15N3O2. The van der Waals surface area contributed by atoms with Gasteiger partial charge in [0, 0.05) is 6.20 Å². The van der Waals surface area contributed by atoms with Crippen LogP contribution >= 0.6 is 0 Å². The molecular weight excluding hydrogens is 182 g/mol. The molecule has 2 N–H and O–H groups in total. The van der Waals surface area contributed by atoms with Crippen molar-refractivity contribution in [2.45, 2.75) is 25.9 Å². The molecule has 0 aliphatic heterocycles. The molecule has 0 saturated heterocycles. The first-order valence-corrected chi connectivity index (χ1v) is 4.58. The number of hydrogen-bond donors (Lipinski definition) is 2. The van der Waals surface area contributed by atoms with Gasteiger partial charge in [0.05, 0.1) is 12.7 Å². The van der Waals surface area contributed by atoms with Crippen molar-refractivity contribution < 1.29 is 9.90 Å². The molecule has 1 aromatic heterocycles. The van der Waals surface area contributed by atoms with Gasteiger partial charge in [-0.25, -0.2) is 0 Å². The first-order valence-electron chi connectivity index (χ1n) is 4.58. The summed E-state index contributed by atoms with van der Waals surface area (Å²) in [6.07, 6.45) is 4.54. The third kappa shape index (κ3) is 2.56. The third-order valence-electron chi connectivity index (χ3n) is 2.11. The van der Waals surface area contributed by atoms with E-state index in [1.807, 2.05) is 13.1 Å². The van der Waals surface area contributed by atoms with Crippen LogP contribution in [0.3, 0.4) is 0 Å². The van der Waals surface area contributed by atoms with Crippen molar-refractivity contribution in [3.8, 4) is 0 Å². The zero-order valence-electron chi connectivity index (χ0n) is 8.40. The van der Waals surface area contributed by atoms with E-state index in [1.165, 1.54) is 0 Å². The van der Waals surface area contributed by atoms with Gasteiger partial charge in [0.15, 0.2) is 0 Å². The summed E-state index contributed by atoms with van der Waals surface area (Å²) in [5, 5.41) is 15.6. The molecule has 14 heavy (non-hydrogen) atoms. The summed E-state index contributed by atoms with van der Waals surface area (Å²) in [6, 6.07) is -0.584. The molecule has 0 radical (unpaired) electrons. The number of hydrogen-bond acceptors (Lipinski definition) is 3. The van der Waals surface area contributed by atoms with Crippen LogP contribution < -0.4 is 5.32 Å². The quantitative estimate of drug-likeness (QED) is 0.703. The van der Waals surface area contributed by atoms with Gasteiger partial charge in [0.25, 0.3) is 0 Å². The Hall–Kier alpha value is -1.36. The van der Waals surface area contributed by atoms with Crippen molar-refractivity contribution in [1.29, 1.82) is 0 Å². The molecule has 0 amide bonds. The summed E-state index contributed by atoms with van der Waals surface area (Å²) in [6.45, 7) is 2.39. The maximum Gasteiger partial charge on any atom is 0.322 e. The lowest BCUT2D eigenvalue weighted by molar-refractivity contribution is -0.139. The van der Waals surface area contributed by atoms with Crippen molar-refractivity contribution in [3.05, 3.63) is 18.0 Å². The van der Waals surface area contributed by atoms with Crippen LogP contribution in [-0.4, -0.2) is 33.9 Å². The van der Waals surface area contributed by atoms with Gasteiger partial charge < -0.3 is 10.4 Å². The topological polar surface area (TPSA) is 67.2 Å². The van der Waals surface area contributed by atoms with E-state index >= 15 is 0 Å². The van der Waals surface area contributed by atoms with E-state index in [0.717, 1.165) is 12.0 Å². The van der Waals surface area contributed by atoms with Gasteiger partial charge in [-0.2, -0.15) is 5.10 Å². The lowest BCUT2D eigenvalue weighted by Gasteiger charge is -2.10. The summed E-state index contributed by atoms with van der Waals surface area (Å²) in [4.78, 5) is 10.7. The smallest absolute Gasteiger partial charge is 0.322 e. The average molecular weight is 197 g/mol. The standard InChI is InChI=1S/C9H15N3O2/c1-3-7-4-11-12(5-7)6-8(10-2)9(13)14/h4-5,8,10H,3,6H2,1-2H3,(H,13,14). The van der Waals surface area contributed by atoms with E-state index in [0.29, 0.717) is 6.54 Å². The number of aromatic nitrogens is 2. The molecule has 0 spiro atoms. The van der Waals surface area contributed by atoms with E-state index < -0.39 is 12.0 Å². The Kier molecular flexibility index (Phi) is 3.64. The van der Waals surface area contributed by atoms with Gasteiger partial charge >= 0.3 is 5.97 Å². The highest BCUT2D eigenvalue weighted by atomic mass is 16.4. The number of carboxylic acid groups (broad SMARTS) is 1. The third-order valence-corrected chi connectivity index (χ3v) is 2.11. The first kappa shape index (κ1) is 10.7. The van der Waals surface area contributed by atoms with Gasteiger partial charge in [-0.1, -0.05) is 6.92 Å². The van der Waals surface area contributed by atoms with E-state index in [9.17, 15) is 4.79 Å². The highest BCUT2D eigenvalue weighted by Crippen LogP contribution is 1.99. The largest absolute Gasteiger partial charge is 0.480 e. The average Bonchev–Trinajstić information content (AvgIpc) is 2.61. The van der Waals surface area contributed by atoms with E-state index in [4.69, 9.17) is 5.11 Å². The lowest BCUT2D eigenvalue weighted by atomic mass is 10.3. The maximum atomic E-state index is 10.7. The Morgan fingerprint density at radius 2 is 2.50 bits per heavy atom. The zero-order valence-corrected chi connectivity index (χ0v) is 8.40. The highest BCUT2D eigenvalue weighted by molar-refractivity contribution is 5.73. The Morgan fingerprint density at radius 1 is 1.79 bits per heavy atom. The Morgan fingerprint density at radius 3 is 2.93 bits per heavy atom. The molecule has 1 heterocycles. The molecule has 0 fully saturated rings. The number of aliphatic carboxylic acids is 1. The molecule has 1 rings (SSSR count). The second-order valence-corrected chi connectivity index (χ2v) is 3.10. The zero-order chi connectivity index (χ0) is 10.6. The van der Waals surface area contributed by atoms with Crippen LogP contribution in [0.25, 0.3) is 0 Å². The molecule has 0 saturated carbocycles. The van der Waals surface area contributed by atoms with Gasteiger partial charge in [0.1, 0.15) is 6.04 Å². The molecule has 1 aromatic rings. The van der Waals surface area contributed by atoms with Crippen molar-refractivity contribution in [2.75, 3.05) is 7.05 Å². The fourth-order valence-electron chi connectivity index (χ4n) is 1.17. The maximum absolute atomic E-state index is 10.7. The molecule has 0 aliphatic rings. The van der Waals surface area contributed by atoms with Crippen molar-refractivity contribution in [1.82, 2.24) is 15.1 Å². The van der Waals surface area contributed by atoms with Crippen LogP contribution in [0.2, 0.25) is 0 Å². The minimum atomic E-state index is -0.860. The minimum Gasteiger partial charge on any atom is -0.480 e. The van der Waals surface area contributed by atoms with Crippen molar-refractivity contribution >= 4 is 5.97 Å². The minimum absolute atomic E-state index is 0.353. The fourth-order valence-corrected chi connectivity index (χ4v) is 1.17. The molecule has 78 valence electrons. The highest BCUT2D eigenvalue weighted by Gasteiger charge is 2.15. The number of nitrogens with one attached hydrogen (secondary N) is 1. The molecule has 1 unspecified atom stereocenters. The summed E-state index contributed by atoms with van der Waals surface area (Å²) in [7, 11) is 1.63. The van der Waals surface area contributed by atoms with Crippen LogP contribution in [0.4, 0.5) is 0 Å². The van der Waals surface area contributed by atoms with Crippen molar-refractivity contribution in [2.24, 2.45) is 0 Å². The number of rotatable bonds is 5. The summed E-state index contributed by atoms with van der Waals surface area (Å²) < 4.78 is 1.65. The Balaban J connectivity index is 2.62. The second kappa shape index (κ2) is 4.76. The number of carboxylic acids is 1. The molecule has 5 nitrogen and oxygen atoms in total. The predicted octanol–water partition coefficient (Wildman–Crippen LogP) is 0.118. The van der Waals surface area contributed by atoms with Gasteiger partial charge in [-0.05, 0) is 19.0 Å². The number of nitrogens with zero attached hydrogens (tertiary/aromatic N) is 2. The molecule has 1 atom stereocenters. The SMILES string of the molecule is CCc1cnn(CC(NC)C(=O)O)c1. The van der Waals surface area contributed by atoms with Gasteiger partial charge in [0.2, 0.25) is 0 Å². The lowest BCUT2D eigenvalue weighted by Crippen LogP contribution is -2.37. The number of aryl methyl sites for hydroxylation is 1. The van der Waals surface area contributed by atoms with E-state index in [1.54, 1.807) is 17.9 Å². The fraction of sp³-hybridized carbons (Fsp3) is 0.556.